The number of carbonyl (C=O) groups is 3. The fraction of sp³-hybridized carbons (Fsp3) is 0.593. The minimum Gasteiger partial charge on any atom is -0.493 e. The fourth-order valence-corrected chi connectivity index (χ4v) is 6.57. The molecule has 0 aromatic heterocycles. The second-order valence-electron chi connectivity index (χ2n) is 11.6. The summed E-state index contributed by atoms with van der Waals surface area (Å²) >= 11 is 0. The number of nitrogens with zero attached hydrogens (tertiary/aromatic N) is 1. The van der Waals surface area contributed by atoms with Crippen molar-refractivity contribution < 1.29 is 43.5 Å². The van der Waals surface area contributed by atoms with Gasteiger partial charge in [0, 0.05) is 18.0 Å². The summed E-state index contributed by atoms with van der Waals surface area (Å²) in [5, 5.41) is 26.5. The average molecular weight is 546 g/mol. The van der Waals surface area contributed by atoms with Crippen LogP contribution in [-0.4, -0.2) is 89.9 Å². The van der Waals surface area contributed by atoms with Crippen LogP contribution in [0.4, 0.5) is 9.59 Å². The molecule has 1 saturated heterocycles. The van der Waals surface area contributed by atoms with Gasteiger partial charge in [-0.25, -0.2) is 14.4 Å². The van der Waals surface area contributed by atoms with E-state index in [0.29, 0.717) is 30.9 Å². The second-order valence-corrected chi connectivity index (χ2v) is 11.6. The predicted octanol–water partition coefficient (Wildman–Crippen LogP) is 1.68. The van der Waals surface area contributed by atoms with Crippen LogP contribution in [0.2, 0.25) is 0 Å². The molecule has 4 aliphatic rings. The molecule has 5 rings (SSSR count). The van der Waals surface area contributed by atoms with E-state index in [1.807, 2.05) is 19.2 Å². The number of likely N-dealkylation sites (N-methyl/N-ethyl adjacent to an activating group) is 1. The fourth-order valence-electron chi connectivity index (χ4n) is 6.57. The molecule has 1 spiro atoms. The molecule has 212 valence electrons. The number of aliphatic carboxylic acids is 1. The number of carboxylic acid groups (broad SMARTS) is 1. The summed E-state index contributed by atoms with van der Waals surface area (Å²) in [5.74, 6) is -0.114. The summed E-state index contributed by atoms with van der Waals surface area (Å²) < 4.78 is 22.8. The summed E-state index contributed by atoms with van der Waals surface area (Å²) in [6, 6.07) is 2.21. The molecule has 4 N–H and O–H groups in total. The van der Waals surface area contributed by atoms with Gasteiger partial charge in [-0.3, -0.25) is 0 Å². The predicted molar refractivity (Wildman–Crippen MR) is 137 cm³/mol. The molecule has 5 atom stereocenters. The SMILES string of the molecule is COc1ccc2c3c1OC1C(OC(=O)NC(CNC(=O)OC(C)(C)C)C(=O)O)=CCC4(O)C(C2)N(C)CCC314. The first kappa shape index (κ1) is 27.1. The van der Waals surface area contributed by atoms with Gasteiger partial charge >= 0.3 is 18.2 Å². The van der Waals surface area contributed by atoms with Crippen LogP contribution in [-0.2, 0) is 26.1 Å². The normalized spacial score (nSPS) is 29.2. The van der Waals surface area contributed by atoms with Gasteiger partial charge in [-0.05, 0) is 64.9 Å². The van der Waals surface area contributed by atoms with Gasteiger partial charge in [-0.15, -0.1) is 0 Å². The van der Waals surface area contributed by atoms with E-state index in [0.717, 1.165) is 11.1 Å². The maximum absolute atomic E-state index is 12.9. The van der Waals surface area contributed by atoms with Crippen molar-refractivity contribution in [3.63, 3.8) is 0 Å². The molecule has 1 aromatic carbocycles. The summed E-state index contributed by atoms with van der Waals surface area (Å²) in [5.41, 5.74) is -0.856. The molecule has 1 fully saturated rings. The van der Waals surface area contributed by atoms with Crippen LogP contribution in [0, 0.1) is 0 Å². The summed E-state index contributed by atoms with van der Waals surface area (Å²) in [6.45, 7) is 5.32. The third kappa shape index (κ3) is 4.26. The van der Waals surface area contributed by atoms with E-state index >= 15 is 0 Å². The van der Waals surface area contributed by atoms with Crippen LogP contribution < -0.4 is 20.1 Å². The first-order valence-electron chi connectivity index (χ1n) is 13.0. The van der Waals surface area contributed by atoms with E-state index in [1.54, 1.807) is 34.0 Å². The largest absolute Gasteiger partial charge is 0.493 e. The minimum atomic E-state index is -1.47. The van der Waals surface area contributed by atoms with E-state index < -0.39 is 53.5 Å². The number of ether oxygens (including phenoxy) is 4. The Bertz CT molecular complexity index is 1240. The number of methoxy groups -OCH3 is 1. The van der Waals surface area contributed by atoms with Crippen LogP contribution in [0.3, 0.4) is 0 Å². The van der Waals surface area contributed by atoms with Gasteiger partial charge in [0.1, 0.15) is 17.4 Å². The Morgan fingerprint density at radius 1 is 1.26 bits per heavy atom. The molecule has 2 amide bonds. The van der Waals surface area contributed by atoms with Crippen molar-refractivity contribution >= 4 is 18.2 Å². The lowest BCUT2D eigenvalue weighted by Crippen LogP contribution is -2.74. The Kier molecular flexibility index (Phi) is 6.46. The average Bonchev–Trinajstić information content (AvgIpc) is 3.20. The lowest BCUT2D eigenvalue weighted by atomic mass is 9.50. The maximum atomic E-state index is 12.9. The molecule has 2 heterocycles. The van der Waals surface area contributed by atoms with Crippen molar-refractivity contribution in [3.8, 4) is 11.5 Å². The molecule has 2 aliphatic carbocycles. The van der Waals surface area contributed by atoms with Gasteiger partial charge in [0.25, 0.3) is 0 Å². The highest BCUT2D eigenvalue weighted by atomic mass is 16.6. The molecule has 1 aromatic rings. The van der Waals surface area contributed by atoms with Crippen molar-refractivity contribution in [2.45, 2.75) is 74.8 Å². The Morgan fingerprint density at radius 3 is 2.67 bits per heavy atom. The van der Waals surface area contributed by atoms with E-state index in [9.17, 15) is 24.6 Å². The number of piperidine rings is 1. The lowest BCUT2D eigenvalue weighted by molar-refractivity contribution is -0.163. The van der Waals surface area contributed by atoms with Gasteiger partial charge in [0.15, 0.2) is 17.6 Å². The molecule has 2 bridgehead atoms. The number of aliphatic hydroxyl groups is 1. The van der Waals surface area contributed by atoms with Gasteiger partial charge in [0.2, 0.25) is 0 Å². The standard InChI is InChI=1S/C27H35N3O9/c1-25(2,3)39-23(33)28-13-15(22(31)32)29-24(34)37-17-8-9-27(35)18-12-14-6-7-16(36-5)20-19(14)26(27,21(17)38-20)10-11-30(18)4/h6-8,15,18,21,35H,9-13H2,1-5H3,(H,28,33)(H,29,34)(H,31,32). The smallest absolute Gasteiger partial charge is 0.413 e. The Hall–Kier alpha value is -3.51. The van der Waals surface area contributed by atoms with Gasteiger partial charge < -0.3 is 44.7 Å². The topological polar surface area (TPSA) is 156 Å². The van der Waals surface area contributed by atoms with Gasteiger partial charge in [-0.2, -0.15) is 0 Å². The molecular weight excluding hydrogens is 510 g/mol. The molecule has 0 saturated carbocycles. The van der Waals surface area contributed by atoms with Crippen molar-refractivity contribution in [1.29, 1.82) is 0 Å². The lowest BCUT2D eigenvalue weighted by Gasteiger charge is -2.61. The molecule has 2 aliphatic heterocycles. The number of hydrogen-bond donors (Lipinski definition) is 4. The number of benzene rings is 1. The molecule has 12 nitrogen and oxygen atoms in total. The first-order chi connectivity index (χ1) is 18.3. The monoisotopic (exact) mass is 545 g/mol. The van der Waals surface area contributed by atoms with Gasteiger partial charge in [-0.1, -0.05) is 6.07 Å². The van der Waals surface area contributed by atoms with E-state index in [-0.39, 0.29) is 18.2 Å². The van der Waals surface area contributed by atoms with Crippen molar-refractivity contribution in [2.75, 3.05) is 27.2 Å². The summed E-state index contributed by atoms with van der Waals surface area (Å²) in [6.07, 6.45) is 0.435. The highest BCUT2D eigenvalue weighted by Gasteiger charge is 2.72. The van der Waals surface area contributed by atoms with Crippen LogP contribution in [0.25, 0.3) is 0 Å². The van der Waals surface area contributed by atoms with Crippen LogP contribution >= 0.6 is 0 Å². The third-order valence-corrected chi connectivity index (χ3v) is 8.21. The quantitative estimate of drug-likeness (QED) is 0.415. The molecule has 39 heavy (non-hydrogen) atoms. The van der Waals surface area contributed by atoms with Crippen molar-refractivity contribution in [2.24, 2.45) is 0 Å². The number of likely N-dealkylation sites (tertiary alicyclic amines) is 1. The number of hydrogen-bond acceptors (Lipinski definition) is 9. The zero-order chi connectivity index (χ0) is 28.3. The number of amides is 2. The minimum absolute atomic E-state index is 0.161. The highest BCUT2D eigenvalue weighted by molar-refractivity contribution is 5.81. The number of rotatable bonds is 6. The summed E-state index contributed by atoms with van der Waals surface area (Å²) in [7, 11) is 3.54. The summed E-state index contributed by atoms with van der Waals surface area (Å²) in [4.78, 5) is 38.8. The maximum Gasteiger partial charge on any atom is 0.413 e. The molecule has 5 unspecified atom stereocenters. The number of carbonyl (C=O) groups excluding carboxylic acids is 2. The van der Waals surface area contributed by atoms with Crippen LogP contribution in [0.5, 0.6) is 11.5 Å². The van der Waals surface area contributed by atoms with E-state index in [4.69, 9.17) is 18.9 Å². The number of nitrogens with one attached hydrogen (secondary N) is 2. The molecule has 12 heteroatoms. The first-order valence-corrected chi connectivity index (χ1v) is 13.0. The van der Waals surface area contributed by atoms with Crippen LogP contribution in [0.15, 0.2) is 24.0 Å². The van der Waals surface area contributed by atoms with Crippen LogP contribution in [0.1, 0.15) is 44.7 Å². The van der Waals surface area contributed by atoms with Crippen molar-refractivity contribution in [1.82, 2.24) is 15.5 Å². The third-order valence-electron chi connectivity index (χ3n) is 8.21. The van der Waals surface area contributed by atoms with E-state index in [1.165, 1.54) is 0 Å². The second kappa shape index (κ2) is 9.30. The number of alkyl carbamates (subject to hydrolysis) is 2. The Labute approximate surface area is 226 Å². The zero-order valence-electron chi connectivity index (χ0n) is 22.7. The zero-order valence-corrected chi connectivity index (χ0v) is 22.7. The Morgan fingerprint density at radius 2 is 2.00 bits per heavy atom. The molecule has 0 radical (unpaired) electrons. The molecular formula is C27H35N3O9. The van der Waals surface area contributed by atoms with E-state index in [2.05, 4.69) is 15.5 Å². The van der Waals surface area contributed by atoms with Gasteiger partial charge in [0.05, 0.1) is 24.7 Å². The number of carboxylic acids is 1. The van der Waals surface area contributed by atoms with Crippen molar-refractivity contribution in [3.05, 3.63) is 35.1 Å². The Balaban J connectivity index is 1.38. The highest BCUT2D eigenvalue weighted by Crippen LogP contribution is 2.65.